The van der Waals surface area contributed by atoms with Gasteiger partial charge in [-0.2, -0.15) is 0 Å². The van der Waals surface area contributed by atoms with E-state index >= 15 is 0 Å². The van der Waals surface area contributed by atoms with Crippen LogP contribution < -0.4 is 16.0 Å². The van der Waals surface area contributed by atoms with Gasteiger partial charge in [-0.25, -0.2) is 4.39 Å². The summed E-state index contributed by atoms with van der Waals surface area (Å²) in [5.41, 5.74) is 1.07. The molecule has 1 atom stereocenters. The van der Waals surface area contributed by atoms with E-state index in [-0.39, 0.29) is 41.4 Å². The first-order chi connectivity index (χ1) is 14.4. The number of carbonyl (C=O) groups excluding carboxylic acids is 3. The molecule has 1 saturated carbocycles. The van der Waals surface area contributed by atoms with Crippen molar-refractivity contribution in [1.29, 1.82) is 0 Å². The molecule has 2 aromatic carbocycles. The van der Waals surface area contributed by atoms with E-state index in [2.05, 4.69) is 16.0 Å². The Balaban J connectivity index is 1.51. The zero-order valence-corrected chi connectivity index (χ0v) is 17.0. The lowest BCUT2D eigenvalue weighted by Gasteiger charge is -2.19. The maximum Gasteiger partial charge on any atom is 0.252 e. The van der Waals surface area contributed by atoms with Crippen molar-refractivity contribution in [3.8, 4) is 0 Å². The Bertz CT molecular complexity index is 919. The molecule has 0 bridgehead atoms. The molecule has 1 unspecified atom stereocenters. The first kappa shape index (κ1) is 21.8. The molecule has 0 aromatic heterocycles. The fourth-order valence-electron chi connectivity index (χ4n) is 2.91. The van der Waals surface area contributed by atoms with Gasteiger partial charge in [-0.15, -0.1) is 0 Å². The number of hydrogen-bond acceptors (Lipinski definition) is 3. The third kappa shape index (κ3) is 6.56. The molecule has 1 aliphatic rings. The molecule has 0 saturated heterocycles. The summed E-state index contributed by atoms with van der Waals surface area (Å²) < 4.78 is 13.1. The van der Waals surface area contributed by atoms with Crippen molar-refractivity contribution in [3.05, 3.63) is 70.5 Å². The van der Waals surface area contributed by atoms with Crippen molar-refractivity contribution >= 4 is 29.3 Å². The average Bonchev–Trinajstić information content (AvgIpc) is 3.52. The second-order valence-corrected chi connectivity index (χ2v) is 7.63. The van der Waals surface area contributed by atoms with Gasteiger partial charge in [0.15, 0.2) is 0 Å². The Labute approximate surface area is 179 Å². The minimum Gasteiger partial charge on any atom is -0.352 e. The fraction of sp³-hybridized carbons (Fsp3) is 0.318. The van der Waals surface area contributed by atoms with Gasteiger partial charge < -0.3 is 16.0 Å². The monoisotopic (exact) mass is 431 g/mol. The Kier molecular flexibility index (Phi) is 7.41. The normalized spacial score (nSPS) is 13.9. The molecule has 0 radical (unpaired) electrons. The molecule has 0 heterocycles. The van der Waals surface area contributed by atoms with Crippen LogP contribution in [0, 0.1) is 5.82 Å². The van der Waals surface area contributed by atoms with Crippen LogP contribution in [0.1, 0.15) is 35.2 Å². The summed E-state index contributed by atoms with van der Waals surface area (Å²) in [5, 5.41) is 8.24. The summed E-state index contributed by atoms with van der Waals surface area (Å²) in [7, 11) is 0. The molecule has 6 nitrogen and oxygen atoms in total. The van der Waals surface area contributed by atoms with E-state index in [4.69, 9.17) is 11.6 Å². The van der Waals surface area contributed by atoms with Crippen LogP contribution in [0.15, 0.2) is 48.5 Å². The van der Waals surface area contributed by atoms with Crippen LogP contribution in [0.4, 0.5) is 4.39 Å². The lowest BCUT2D eigenvalue weighted by molar-refractivity contribution is -0.129. The zero-order chi connectivity index (χ0) is 21.5. The van der Waals surface area contributed by atoms with Crippen molar-refractivity contribution in [3.63, 3.8) is 0 Å². The van der Waals surface area contributed by atoms with Crippen LogP contribution in [0.25, 0.3) is 0 Å². The van der Waals surface area contributed by atoms with Crippen LogP contribution in [0.2, 0.25) is 5.02 Å². The van der Waals surface area contributed by atoms with E-state index in [1.807, 2.05) is 30.3 Å². The molecule has 0 spiro atoms. The first-order valence-electron chi connectivity index (χ1n) is 9.79. The van der Waals surface area contributed by atoms with E-state index in [0.717, 1.165) is 30.5 Å². The van der Waals surface area contributed by atoms with Crippen LogP contribution in [-0.2, 0) is 16.0 Å². The largest absolute Gasteiger partial charge is 0.352 e. The molecule has 0 aliphatic heterocycles. The summed E-state index contributed by atoms with van der Waals surface area (Å²) in [6.07, 6.45) is 2.28. The fourth-order valence-corrected chi connectivity index (χ4v) is 3.17. The molecule has 30 heavy (non-hydrogen) atoms. The highest BCUT2D eigenvalue weighted by atomic mass is 35.5. The summed E-state index contributed by atoms with van der Waals surface area (Å²) >= 11 is 5.87. The molecular weight excluding hydrogens is 409 g/mol. The zero-order valence-electron chi connectivity index (χ0n) is 16.3. The van der Waals surface area contributed by atoms with E-state index in [1.54, 1.807) is 0 Å². The first-order valence-corrected chi connectivity index (χ1v) is 10.2. The third-order valence-corrected chi connectivity index (χ3v) is 4.98. The quantitative estimate of drug-likeness (QED) is 0.570. The van der Waals surface area contributed by atoms with Gasteiger partial charge in [0.05, 0.1) is 10.6 Å². The van der Waals surface area contributed by atoms with Gasteiger partial charge in [-0.3, -0.25) is 14.4 Å². The second-order valence-electron chi connectivity index (χ2n) is 7.22. The van der Waals surface area contributed by atoms with E-state index < -0.39 is 17.8 Å². The number of hydrogen-bond donors (Lipinski definition) is 3. The topological polar surface area (TPSA) is 87.3 Å². The van der Waals surface area contributed by atoms with Crippen molar-refractivity contribution in [2.24, 2.45) is 0 Å². The summed E-state index contributed by atoms with van der Waals surface area (Å²) in [4.78, 5) is 37.0. The Morgan fingerprint density at radius 3 is 2.50 bits per heavy atom. The van der Waals surface area contributed by atoms with E-state index in [0.29, 0.717) is 6.42 Å². The van der Waals surface area contributed by atoms with Gasteiger partial charge >= 0.3 is 0 Å². The minimum atomic E-state index is -0.692. The van der Waals surface area contributed by atoms with Crippen molar-refractivity contribution < 1.29 is 18.8 Å². The van der Waals surface area contributed by atoms with Gasteiger partial charge in [-0.05, 0) is 36.6 Å². The van der Waals surface area contributed by atoms with E-state index in [9.17, 15) is 18.8 Å². The molecule has 3 amide bonds. The number of amides is 3. The van der Waals surface area contributed by atoms with Crippen LogP contribution in [0.3, 0.4) is 0 Å². The number of benzene rings is 2. The maximum absolute atomic E-state index is 13.1. The van der Waals surface area contributed by atoms with Gasteiger partial charge in [0.2, 0.25) is 11.8 Å². The van der Waals surface area contributed by atoms with Crippen LogP contribution in [-0.4, -0.2) is 36.3 Å². The summed E-state index contributed by atoms with van der Waals surface area (Å²) in [6.45, 7) is 0.0562. The molecule has 8 heteroatoms. The smallest absolute Gasteiger partial charge is 0.252 e. The van der Waals surface area contributed by atoms with E-state index in [1.165, 1.54) is 6.07 Å². The van der Waals surface area contributed by atoms with Crippen molar-refractivity contribution in [2.45, 2.75) is 37.8 Å². The van der Waals surface area contributed by atoms with Crippen LogP contribution >= 0.6 is 11.6 Å². The Morgan fingerprint density at radius 1 is 1.10 bits per heavy atom. The number of carbonyl (C=O) groups is 3. The predicted octanol–water partition coefficient (Wildman–Crippen LogP) is 2.61. The Morgan fingerprint density at radius 2 is 1.83 bits per heavy atom. The van der Waals surface area contributed by atoms with Crippen molar-refractivity contribution in [1.82, 2.24) is 16.0 Å². The van der Waals surface area contributed by atoms with Crippen molar-refractivity contribution in [2.75, 3.05) is 6.54 Å². The molecule has 3 rings (SSSR count). The Hall–Kier alpha value is -2.93. The SMILES string of the molecule is O=C(CCNC(=O)c1ccc(F)cc1Cl)NC(Cc1ccccc1)C(=O)NC1CC1. The minimum absolute atomic E-state index is 0.00313. The highest BCUT2D eigenvalue weighted by Crippen LogP contribution is 2.19. The molecule has 2 aromatic rings. The predicted molar refractivity (Wildman–Crippen MR) is 112 cm³/mol. The molecular formula is C22H23ClFN3O3. The second kappa shape index (κ2) is 10.2. The molecule has 1 aliphatic carbocycles. The van der Waals surface area contributed by atoms with Gasteiger partial charge in [0.1, 0.15) is 11.9 Å². The standard InChI is InChI=1S/C22H23ClFN3O3/c23-18-13-15(24)6-9-17(18)21(29)25-11-10-20(28)27-19(22(30)26-16-7-8-16)12-14-4-2-1-3-5-14/h1-6,9,13,16,19H,7-8,10-12H2,(H,25,29)(H,26,30)(H,27,28). The summed E-state index contributed by atoms with van der Waals surface area (Å²) in [5.74, 6) is -1.60. The highest BCUT2D eigenvalue weighted by Gasteiger charge is 2.28. The van der Waals surface area contributed by atoms with Gasteiger partial charge in [-0.1, -0.05) is 41.9 Å². The maximum atomic E-state index is 13.1. The number of nitrogens with one attached hydrogen (secondary N) is 3. The molecule has 3 N–H and O–H groups in total. The lowest BCUT2D eigenvalue weighted by Crippen LogP contribution is -2.49. The average molecular weight is 432 g/mol. The lowest BCUT2D eigenvalue weighted by atomic mass is 10.0. The third-order valence-electron chi connectivity index (χ3n) is 4.67. The summed E-state index contributed by atoms with van der Waals surface area (Å²) in [6, 6.07) is 12.4. The van der Waals surface area contributed by atoms with Crippen LogP contribution in [0.5, 0.6) is 0 Å². The molecule has 1 fully saturated rings. The highest BCUT2D eigenvalue weighted by molar-refractivity contribution is 6.33. The van der Waals surface area contributed by atoms with Gasteiger partial charge in [0.25, 0.3) is 5.91 Å². The molecule has 158 valence electrons. The van der Waals surface area contributed by atoms with Gasteiger partial charge in [0, 0.05) is 25.4 Å². The number of rotatable bonds is 9. The number of halogens is 2.